The van der Waals surface area contributed by atoms with Crippen molar-refractivity contribution in [1.29, 1.82) is 0 Å². The third-order valence-electron chi connectivity index (χ3n) is 6.30. The van der Waals surface area contributed by atoms with Crippen molar-refractivity contribution in [3.8, 4) is 11.1 Å². The van der Waals surface area contributed by atoms with Crippen molar-refractivity contribution in [2.45, 2.75) is 19.9 Å². The first-order valence-corrected chi connectivity index (χ1v) is 11.5. The van der Waals surface area contributed by atoms with E-state index in [1.54, 1.807) is 29.2 Å². The zero-order chi connectivity index (χ0) is 24.5. The van der Waals surface area contributed by atoms with Crippen molar-refractivity contribution in [3.63, 3.8) is 0 Å². The van der Waals surface area contributed by atoms with Crippen molar-refractivity contribution in [3.05, 3.63) is 66.7 Å². The van der Waals surface area contributed by atoms with Gasteiger partial charge in [0, 0.05) is 74.3 Å². The fourth-order valence-electron chi connectivity index (χ4n) is 4.29. The van der Waals surface area contributed by atoms with Crippen LogP contribution in [0.1, 0.15) is 25.6 Å². The van der Waals surface area contributed by atoms with E-state index in [0.717, 1.165) is 53.9 Å². The number of piperazine rings is 1. The standard InChI is InChI=1S/C26H29N7O/c1-18(2)32-8-10-33(11-9-32)25-14-20(6-7-27-25)26(34)30-24-13-22-12-19(4-5-21(22)15-28-24)23-16-29-31(3)17-23/h4-7,12-18H,8-11H2,1-3H3,(H,28,30,34)/i15D. The zero-order valence-corrected chi connectivity index (χ0v) is 19.7. The smallest absolute Gasteiger partial charge is 0.257 e. The lowest BCUT2D eigenvalue weighted by Crippen LogP contribution is -2.49. The summed E-state index contributed by atoms with van der Waals surface area (Å²) < 4.78 is 10.1. The Hall–Kier alpha value is -3.78. The van der Waals surface area contributed by atoms with Crippen LogP contribution in [-0.2, 0) is 7.05 Å². The number of amides is 1. The van der Waals surface area contributed by atoms with Gasteiger partial charge < -0.3 is 10.2 Å². The molecule has 4 heterocycles. The Morgan fingerprint density at radius 2 is 1.85 bits per heavy atom. The van der Waals surface area contributed by atoms with Crippen molar-refractivity contribution >= 4 is 28.3 Å². The molecule has 0 unspecified atom stereocenters. The normalized spacial score (nSPS) is 15.1. The largest absolute Gasteiger partial charge is 0.354 e. The van der Waals surface area contributed by atoms with Crippen molar-refractivity contribution in [2.24, 2.45) is 7.05 Å². The molecular formula is C26H29N7O. The van der Waals surface area contributed by atoms with E-state index in [1.165, 1.54) is 0 Å². The summed E-state index contributed by atoms with van der Waals surface area (Å²) >= 11 is 0. The number of carbonyl (C=O) groups excluding carboxylic acids is 1. The predicted octanol–water partition coefficient (Wildman–Crippen LogP) is 3.81. The maximum atomic E-state index is 13.1. The van der Waals surface area contributed by atoms with Gasteiger partial charge in [-0.15, -0.1) is 0 Å². The van der Waals surface area contributed by atoms with Crippen LogP contribution in [0.25, 0.3) is 21.9 Å². The number of aryl methyl sites for hydroxylation is 1. The molecule has 0 atom stereocenters. The Morgan fingerprint density at radius 1 is 1.03 bits per heavy atom. The molecule has 4 aromatic rings. The molecule has 1 amide bonds. The Morgan fingerprint density at radius 3 is 2.59 bits per heavy atom. The Labute approximate surface area is 200 Å². The highest BCUT2D eigenvalue weighted by molar-refractivity contribution is 6.05. The summed E-state index contributed by atoms with van der Waals surface area (Å²) in [6, 6.07) is 11.7. The number of nitrogens with zero attached hydrogens (tertiary/aromatic N) is 6. The molecule has 34 heavy (non-hydrogen) atoms. The van der Waals surface area contributed by atoms with Gasteiger partial charge in [0.15, 0.2) is 0 Å². The van der Waals surface area contributed by atoms with Gasteiger partial charge in [0.05, 0.1) is 7.57 Å². The number of nitrogens with one attached hydrogen (secondary N) is 1. The molecule has 8 heteroatoms. The van der Waals surface area contributed by atoms with E-state index < -0.39 is 0 Å². The Balaban J connectivity index is 1.35. The maximum Gasteiger partial charge on any atom is 0.257 e. The van der Waals surface area contributed by atoms with Gasteiger partial charge >= 0.3 is 0 Å². The zero-order valence-electron chi connectivity index (χ0n) is 20.7. The molecule has 1 aromatic carbocycles. The molecule has 0 aliphatic carbocycles. The first-order valence-electron chi connectivity index (χ1n) is 12.0. The van der Waals surface area contributed by atoms with Crippen LogP contribution in [0.4, 0.5) is 11.6 Å². The lowest BCUT2D eigenvalue weighted by atomic mass is 10.1. The van der Waals surface area contributed by atoms with Gasteiger partial charge in [-0.3, -0.25) is 14.4 Å². The minimum Gasteiger partial charge on any atom is -0.354 e. The average molecular weight is 457 g/mol. The van der Waals surface area contributed by atoms with E-state index in [1.807, 2.05) is 37.5 Å². The first-order chi connectivity index (χ1) is 16.9. The van der Waals surface area contributed by atoms with E-state index in [2.05, 4.69) is 44.0 Å². The molecule has 1 aliphatic rings. The van der Waals surface area contributed by atoms with Crippen LogP contribution in [0.3, 0.4) is 0 Å². The van der Waals surface area contributed by atoms with Crippen LogP contribution >= 0.6 is 0 Å². The molecular weight excluding hydrogens is 426 g/mol. The monoisotopic (exact) mass is 456 g/mol. The lowest BCUT2D eigenvalue weighted by molar-refractivity contribution is 0.102. The second kappa shape index (κ2) is 9.23. The first kappa shape index (κ1) is 20.8. The molecule has 0 radical (unpaired) electrons. The summed E-state index contributed by atoms with van der Waals surface area (Å²) in [7, 11) is 1.88. The third kappa shape index (κ3) is 4.63. The van der Waals surface area contributed by atoms with E-state index in [4.69, 9.17) is 1.37 Å². The SMILES string of the molecule is [2H]c1nc(NC(=O)c2ccnc(N3CCN(C(C)C)CC3)c2)cc2cc(-c3cnn(C)c3)ccc12. The summed E-state index contributed by atoms with van der Waals surface area (Å²) in [5, 5.41) is 8.66. The highest BCUT2D eigenvalue weighted by Gasteiger charge is 2.20. The fourth-order valence-corrected chi connectivity index (χ4v) is 4.29. The van der Waals surface area contributed by atoms with Gasteiger partial charge in [0.1, 0.15) is 11.6 Å². The number of benzene rings is 1. The van der Waals surface area contributed by atoms with Gasteiger partial charge in [-0.1, -0.05) is 12.1 Å². The van der Waals surface area contributed by atoms with Gasteiger partial charge in [0.25, 0.3) is 5.91 Å². The lowest BCUT2D eigenvalue weighted by Gasteiger charge is -2.37. The maximum absolute atomic E-state index is 13.1. The molecule has 1 fully saturated rings. The summed E-state index contributed by atoms with van der Waals surface area (Å²) in [5.74, 6) is 0.874. The molecule has 3 aromatic heterocycles. The number of fused-ring (bicyclic) bond motifs is 1. The third-order valence-corrected chi connectivity index (χ3v) is 6.30. The van der Waals surface area contributed by atoms with Gasteiger partial charge in [0.2, 0.25) is 0 Å². The average Bonchev–Trinajstić information content (AvgIpc) is 3.30. The molecule has 0 saturated carbocycles. The predicted molar refractivity (Wildman–Crippen MR) is 135 cm³/mol. The molecule has 174 valence electrons. The van der Waals surface area contributed by atoms with E-state index in [0.29, 0.717) is 17.4 Å². The van der Waals surface area contributed by atoms with Crippen LogP contribution in [0.5, 0.6) is 0 Å². The van der Waals surface area contributed by atoms with Gasteiger partial charge in [-0.05, 0) is 49.1 Å². The molecule has 8 nitrogen and oxygen atoms in total. The van der Waals surface area contributed by atoms with Crippen LogP contribution in [-0.4, -0.2) is 62.8 Å². The van der Waals surface area contributed by atoms with Crippen LogP contribution in [0, 0.1) is 0 Å². The second-order valence-corrected chi connectivity index (χ2v) is 8.93. The van der Waals surface area contributed by atoms with E-state index in [9.17, 15) is 4.79 Å². The number of rotatable bonds is 5. The van der Waals surface area contributed by atoms with E-state index >= 15 is 0 Å². The minimum atomic E-state index is -0.274. The molecule has 0 bridgehead atoms. The van der Waals surface area contributed by atoms with Crippen LogP contribution in [0.15, 0.2) is 61.2 Å². The number of pyridine rings is 2. The topological polar surface area (TPSA) is 79.2 Å². The number of aromatic nitrogens is 4. The van der Waals surface area contributed by atoms with Gasteiger partial charge in [-0.25, -0.2) is 9.97 Å². The highest BCUT2D eigenvalue weighted by atomic mass is 16.1. The van der Waals surface area contributed by atoms with Crippen LogP contribution < -0.4 is 10.2 Å². The van der Waals surface area contributed by atoms with Gasteiger partial charge in [-0.2, -0.15) is 5.10 Å². The molecule has 1 aliphatic heterocycles. The minimum absolute atomic E-state index is 0.119. The summed E-state index contributed by atoms with van der Waals surface area (Å²) in [4.78, 5) is 26.5. The molecule has 1 saturated heterocycles. The summed E-state index contributed by atoms with van der Waals surface area (Å²) in [6.07, 6.45) is 5.53. The van der Waals surface area contributed by atoms with Crippen molar-refractivity contribution < 1.29 is 6.17 Å². The molecule has 0 spiro atoms. The molecule has 1 N–H and O–H groups in total. The summed E-state index contributed by atoms with van der Waals surface area (Å²) in [5.41, 5.74) is 2.49. The quantitative estimate of drug-likeness (QED) is 0.492. The summed E-state index contributed by atoms with van der Waals surface area (Å²) in [6.45, 7) is 8.13. The van der Waals surface area contributed by atoms with Crippen LogP contribution in [0.2, 0.25) is 0 Å². The number of anilines is 2. The van der Waals surface area contributed by atoms with Crippen molar-refractivity contribution in [1.82, 2.24) is 24.6 Å². The van der Waals surface area contributed by atoms with Crippen molar-refractivity contribution in [2.75, 3.05) is 36.4 Å². The molecule has 5 rings (SSSR count). The van der Waals surface area contributed by atoms with E-state index in [-0.39, 0.29) is 12.1 Å². The Kier molecular flexibility index (Phi) is 5.64. The number of carbonyl (C=O) groups is 1. The number of hydrogen-bond acceptors (Lipinski definition) is 6. The number of hydrogen-bond donors (Lipinski definition) is 1. The highest BCUT2D eigenvalue weighted by Crippen LogP contribution is 2.25. The Bertz CT molecular complexity index is 1380. The fraction of sp³-hybridized carbons (Fsp3) is 0.308. The second-order valence-electron chi connectivity index (χ2n) is 8.93.